The molecule has 0 saturated carbocycles. The van der Waals surface area contributed by atoms with Gasteiger partial charge in [-0.25, -0.2) is 4.98 Å². The van der Waals surface area contributed by atoms with E-state index in [1.807, 2.05) is 35.7 Å². The standard InChI is InChI=1S/C18H17N3O4S/c22-16(23)9-14(19-10-13-7-4-8-25-13)17(24)21-18-20-15(11-26-18)12-5-2-1-3-6-12/h1-8,11,14,19H,9-10H2,(H,22,23)(H,20,21,24)/t14-/m0/s1. The molecule has 0 bridgehead atoms. The first-order valence-corrected chi connectivity index (χ1v) is 8.79. The molecule has 1 aromatic carbocycles. The number of carboxylic acids is 1. The number of aliphatic carboxylic acids is 1. The highest BCUT2D eigenvalue weighted by atomic mass is 32.1. The molecule has 0 fully saturated rings. The summed E-state index contributed by atoms with van der Waals surface area (Å²) in [7, 11) is 0. The molecule has 7 nitrogen and oxygen atoms in total. The van der Waals surface area contributed by atoms with Gasteiger partial charge >= 0.3 is 5.97 Å². The number of nitrogens with zero attached hydrogens (tertiary/aromatic N) is 1. The van der Waals surface area contributed by atoms with Crippen LogP contribution in [-0.4, -0.2) is 28.0 Å². The summed E-state index contributed by atoms with van der Waals surface area (Å²) in [5.74, 6) is -0.900. The summed E-state index contributed by atoms with van der Waals surface area (Å²) >= 11 is 1.29. The zero-order valence-corrected chi connectivity index (χ0v) is 14.5. The van der Waals surface area contributed by atoms with Gasteiger partial charge in [0.2, 0.25) is 5.91 Å². The van der Waals surface area contributed by atoms with Crippen LogP contribution in [-0.2, 0) is 16.1 Å². The van der Waals surface area contributed by atoms with Gasteiger partial charge in [-0.2, -0.15) is 0 Å². The number of thiazole rings is 1. The third-order valence-electron chi connectivity index (χ3n) is 3.60. The van der Waals surface area contributed by atoms with Crippen LogP contribution in [0.2, 0.25) is 0 Å². The Hall–Kier alpha value is -2.97. The van der Waals surface area contributed by atoms with Gasteiger partial charge in [0, 0.05) is 10.9 Å². The number of hydrogen-bond donors (Lipinski definition) is 3. The number of carbonyl (C=O) groups is 2. The number of carbonyl (C=O) groups excluding carboxylic acids is 1. The molecule has 2 heterocycles. The van der Waals surface area contributed by atoms with Crippen molar-refractivity contribution in [1.82, 2.24) is 10.3 Å². The summed E-state index contributed by atoms with van der Waals surface area (Å²) < 4.78 is 5.19. The number of hydrogen-bond acceptors (Lipinski definition) is 6. The van der Waals surface area contributed by atoms with Gasteiger partial charge in [-0.05, 0) is 12.1 Å². The monoisotopic (exact) mass is 371 g/mol. The van der Waals surface area contributed by atoms with E-state index in [1.165, 1.54) is 17.6 Å². The lowest BCUT2D eigenvalue weighted by Crippen LogP contribution is -2.41. The van der Waals surface area contributed by atoms with Crippen molar-refractivity contribution in [3.8, 4) is 11.3 Å². The fourth-order valence-electron chi connectivity index (χ4n) is 2.33. The second-order valence-electron chi connectivity index (χ2n) is 5.50. The largest absolute Gasteiger partial charge is 0.481 e. The van der Waals surface area contributed by atoms with E-state index in [0.717, 1.165) is 11.3 Å². The summed E-state index contributed by atoms with van der Waals surface area (Å²) in [5.41, 5.74) is 1.70. The molecule has 0 spiro atoms. The minimum atomic E-state index is -1.07. The smallest absolute Gasteiger partial charge is 0.305 e. The zero-order valence-electron chi connectivity index (χ0n) is 13.7. The Morgan fingerprint density at radius 2 is 2.00 bits per heavy atom. The molecular formula is C18H17N3O4S. The fraction of sp³-hybridized carbons (Fsp3) is 0.167. The van der Waals surface area contributed by atoms with Gasteiger partial charge in [0.15, 0.2) is 5.13 Å². The summed E-state index contributed by atoms with van der Waals surface area (Å²) in [6, 6.07) is 12.2. The normalized spacial score (nSPS) is 11.8. The second-order valence-corrected chi connectivity index (χ2v) is 6.36. The van der Waals surface area contributed by atoms with Crippen molar-refractivity contribution >= 4 is 28.3 Å². The Labute approximate surface area is 153 Å². The van der Waals surface area contributed by atoms with Crippen molar-refractivity contribution in [3.05, 3.63) is 59.9 Å². The molecule has 0 saturated heterocycles. The Morgan fingerprint density at radius 1 is 1.19 bits per heavy atom. The van der Waals surface area contributed by atoms with E-state index in [2.05, 4.69) is 15.6 Å². The molecule has 0 aliphatic carbocycles. The highest BCUT2D eigenvalue weighted by Crippen LogP contribution is 2.24. The van der Waals surface area contributed by atoms with E-state index in [9.17, 15) is 9.59 Å². The lowest BCUT2D eigenvalue weighted by Gasteiger charge is -2.15. The third-order valence-corrected chi connectivity index (χ3v) is 4.36. The number of anilines is 1. The van der Waals surface area contributed by atoms with E-state index < -0.39 is 17.9 Å². The summed E-state index contributed by atoms with van der Waals surface area (Å²) in [6.07, 6.45) is 1.17. The number of carboxylic acid groups (broad SMARTS) is 1. The van der Waals surface area contributed by atoms with Crippen molar-refractivity contribution in [1.29, 1.82) is 0 Å². The van der Waals surface area contributed by atoms with Gasteiger partial charge in [-0.3, -0.25) is 14.9 Å². The van der Waals surface area contributed by atoms with Gasteiger partial charge in [0.05, 0.1) is 31.0 Å². The van der Waals surface area contributed by atoms with Crippen LogP contribution in [0.4, 0.5) is 5.13 Å². The molecule has 134 valence electrons. The lowest BCUT2D eigenvalue weighted by atomic mass is 10.2. The van der Waals surface area contributed by atoms with Crippen LogP contribution >= 0.6 is 11.3 Å². The minimum absolute atomic E-state index is 0.255. The Kier molecular flexibility index (Phi) is 5.77. The molecular weight excluding hydrogens is 354 g/mol. The van der Waals surface area contributed by atoms with Gasteiger partial charge in [-0.1, -0.05) is 30.3 Å². The number of nitrogens with one attached hydrogen (secondary N) is 2. The van der Waals surface area contributed by atoms with Crippen molar-refractivity contribution in [2.24, 2.45) is 0 Å². The predicted molar refractivity (Wildman–Crippen MR) is 97.8 cm³/mol. The van der Waals surface area contributed by atoms with Crippen molar-refractivity contribution in [2.75, 3.05) is 5.32 Å². The first kappa shape index (κ1) is 17.8. The average Bonchev–Trinajstić information content (AvgIpc) is 3.31. The summed E-state index contributed by atoms with van der Waals surface area (Å²) in [4.78, 5) is 27.9. The Morgan fingerprint density at radius 3 is 2.69 bits per heavy atom. The third kappa shape index (κ3) is 4.78. The van der Waals surface area contributed by atoms with Crippen LogP contribution in [0.25, 0.3) is 11.3 Å². The summed E-state index contributed by atoms with van der Waals surface area (Å²) in [6.45, 7) is 0.255. The average molecular weight is 371 g/mol. The van der Waals surface area contributed by atoms with Crippen LogP contribution in [0, 0.1) is 0 Å². The maximum atomic E-state index is 12.5. The second kappa shape index (κ2) is 8.41. The Balaban J connectivity index is 1.65. The molecule has 0 aliphatic rings. The van der Waals surface area contributed by atoms with E-state index in [0.29, 0.717) is 10.9 Å². The van der Waals surface area contributed by atoms with Crippen LogP contribution in [0.3, 0.4) is 0 Å². The van der Waals surface area contributed by atoms with E-state index >= 15 is 0 Å². The highest BCUT2D eigenvalue weighted by Gasteiger charge is 2.22. The van der Waals surface area contributed by atoms with E-state index in [1.54, 1.807) is 12.1 Å². The van der Waals surface area contributed by atoms with Crippen LogP contribution in [0.1, 0.15) is 12.2 Å². The van der Waals surface area contributed by atoms with Crippen LogP contribution in [0.5, 0.6) is 0 Å². The van der Waals surface area contributed by atoms with Gasteiger partial charge in [0.1, 0.15) is 5.76 Å². The number of rotatable bonds is 8. The molecule has 0 radical (unpaired) electrons. The van der Waals surface area contributed by atoms with E-state index in [4.69, 9.17) is 9.52 Å². The fourth-order valence-corrected chi connectivity index (χ4v) is 3.06. The number of aromatic nitrogens is 1. The highest BCUT2D eigenvalue weighted by molar-refractivity contribution is 7.14. The van der Waals surface area contributed by atoms with Gasteiger partial charge in [0.25, 0.3) is 0 Å². The molecule has 2 aromatic heterocycles. The first-order chi connectivity index (χ1) is 12.6. The Bertz CT molecular complexity index is 862. The first-order valence-electron chi connectivity index (χ1n) is 7.91. The molecule has 1 amide bonds. The molecule has 3 rings (SSSR count). The molecule has 1 atom stereocenters. The number of benzene rings is 1. The molecule has 0 aliphatic heterocycles. The molecule has 8 heteroatoms. The molecule has 0 unspecified atom stereocenters. The number of amides is 1. The number of furan rings is 1. The quantitative estimate of drug-likeness (QED) is 0.562. The van der Waals surface area contributed by atoms with Gasteiger partial charge < -0.3 is 14.8 Å². The molecule has 3 N–H and O–H groups in total. The zero-order chi connectivity index (χ0) is 18.4. The predicted octanol–water partition coefficient (Wildman–Crippen LogP) is 2.97. The lowest BCUT2D eigenvalue weighted by molar-refractivity contribution is -0.139. The maximum absolute atomic E-state index is 12.5. The maximum Gasteiger partial charge on any atom is 0.305 e. The van der Waals surface area contributed by atoms with Gasteiger partial charge in [-0.15, -0.1) is 11.3 Å². The molecule has 3 aromatic rings. The topological polar surface area (TPSA) is 104 Å². The van der Waals surface area contributed by atoms with Crippen molar-refractivity contribution in [3.63, 3.8) is 0 Å². The minimum Gasteiger partial charge on any atom is -0.481 e. The van der Waals surface area contributed by atoms with Crippen molar-refractivity contribution < 1.29 is 19.1 Å². The van der Waals surface area contributed by atoms with Crippen LogP contribution in [0.15, 0.2) is 58.5 Å². The summed E-state index contributed by atoms with van der Waals surface area (Å²) in [5, 5.41) is 16.9. The van der Waals surface area contributed by atoms with Crippen molar-refractivity contribution in [2.45, 2.75) is 19.0 Å². The van der Waals surface area contributed by atoms with Crippen LogP contribution < -0.4 is 10.6 Å². The SMILES string of the molecule is O=C(O)C[C@H](NCc1ccco1)C(=O)Nc1nc(-c2ccccc2)cs1. The molecule has 26 heavy (non-hydrogen) atoms. The van der Waals surface area contributed by atoms with E-state index in [-0.39, 0.29) is 13.0 Å².